The highest BCUT2D eigenvalue weighted by atomic mass is 32.1. The van der Waals surface area contributed by atoms with Gasteiger partial charge in [0.1, 0.15) is 11.2 Å². The van der Waals surface area contributed by atoms with Crippen molar-refractivity contribution < 1.29 is 4.42 Å². The van der Waals surface area contributed by atoms with Crippen LogP contribution in [0.5, 0.6) is 0 Å². The Morgan fingerprint density at radius 1 is 0.882 bits per heavy atom. The van der Waals surface area contributed by atoms with E-state index < -0.39 is 0 Å². The molecule has 0 unspecified atom stereocenters. The Morgan fingerprint density at radius 2 is 1.68 bits per heavy atom. The minimum absolute atomic E-state index is 0.425. The molecule has 34 heavy (non-hydrogen) atoms. The second-order valence-corrected chi connectivity index (χ2v) is 11.4. The average Bonchev–Trinajstić information content (AvgIpc) is 3.34. The van der Waals surface area contributed by atoms with E-state index in [0.717, 1.165) is 34.2 Å². The molecule has 3 heteroatoms. The Morgan fingerprint density at radius 3 is 2.47 bits per heavy atom. The summed E-state index contributed by atoms with van der Waals surface area (Å²) in [6.07, 6.45) is 2.95. The summed E-state index contributed by atoms with van der Waals surface area (Å²) in [4.78, 5) is 6.36. The van der Waals surface area contributed by atoms with Crippen LogP contribution in [0, 0.1) is 12.8 Å². The minimum atomic E-state index is 0.425. The van der Waals surface area contributed by atoms with E-state index >= 15 is 0 Å². The van der Waals surface area contributed by atoms with Crippen LogP contribution in [0.15, 0.2) is 65.2 Å². The molecule has 3 heterocycles. The van der Waals surface area contributed by atoms with Gasteiger partial charge in [0.25, 0.3) is 0 Å². The van der Waals surface area contributed by atoms with Gasteiger partial charge < -0.3 is 4.42 Å². The van der Waals surface area contributed by atoms with Gasteiger partial charge in [-0.25, -0.2) is 0 Å². The molecule has 0 amide bonds. The molecule has 0 saturated heterocycles. The number of aryl methyl sites for hydroxylation is 1. The molecule has 170 valence electrons. The van der Waals surface area contributed by atoms with Gasteiger partial charge in [-0.2, -0.15) is 0 Å². The van der Waals surface area contributed by atoms with E-state index in [2.05, 4.69) is 83.1 Å². The van der Waals surface area contributed by atoms with Crippen LogP contribution in [0.4, 0.5) is 0 Å². The van der Waals surface area contributed by atoms with E-state index in [1.165, 1.54) is 42.2 Å². The molecular weight excluding hydrogens is 434 g/mol. The van der Waals surface area contributed by atoms with Crippen LogP contribution >= 0.6 is 11.3 Å². The maximum Gasteiger partial charge on any atom is 0.139 e. The maximum absolute atomic E-state index is 6.42. The normalized spacial score (nSPS) is 12.3. The smallest absolute Gasteiger partial charge is 0.139 e. The predicted octanol–water partition coefficient (Wildman–Crippen LogP) is 9.65. The molecular formula is C31H29NOS. The first-order valence-electron chi connectivity index (χ1n) is 12.2. The van der Waals surface area contributed by atoms with Gasteiger partial charge in [0.15, 0.2) is 0 Å². The molecule has 0 aliphatic carbocycles. The van der Waals surface area contributed by atoms with Crippen molar-refractivity contribution in [3.05, 3.63) is 76.8 Å². The van der Waals surface area contributed by atoms with E-state index in [0.29, 0.717) is 11.8 Å². The van der Waals surface area contributed by atoms with Crippen LogP contribution in [0.2, 0.25) is 0 Å². The van der Waals surface area contributed by atoms with Crippen molar-refractivity contribution in [3.63, 3.8) is 0 Å². The number of furan rings is 1. The minimum Gasteiger partial charge on any atom is -0.456 e. The Balaban J connectivity index is 1.74. The summed E-state index contributed by atoms with van der Waals surface area (Å²) in [7, 11) is 0. The number of hydrogen-bond acceptors (Lipinski definition) is 3. The molecule has 0 fully saturated rings. The SMILES string of the molecule is Cc1sc2ccc3oc4ccnc(-c5cc(C(C)C)c6ccccc6c5)c4c3c2c1CC(C)C. The van der Waals surface area contributed by atoms with Crippen molar-refractivity contribution in [1.82, 2.24) is 4.98 Å². The molecule has 0 spiro atoms. The molecule has 3 aromatic heterocycles. The molecule has 6 aromatic rings. The number of hydrogen-bond donors (Lipinski definition) is 0. The molecule has 2 nitrogen and oxygen atoms in total. The largest absolute Gasteiger partial charge is 0.456 e. The first-order valence-corrected chi connectivity index (χ1v) is 13.0. The standard InChI is InChI=1S/C31H29NOS/c1-17(2)14-24-19(5)34-27-11-10-25-29(28(24)27)30-26(33-25)12-13-32-31(30)21-15-20-8-6-7-9-22(20)23(16-21)18(3)4/h6-13,15-18H,14H2,1-5H3. The molecule has 0 bridgehead atoms. The van der Waals surface area contributed by atoms with Crippen molar-refractivity contribution >= 4 is 54.1 Å². The van der Waals surface area contributed by atoms with Crippen LogP contribution < -0.4 is 0 Å². The lowest BCUT2D eigenvalue weighted by atomic mass is 9.91. The summed E-state index contributed by atoms with van der Waals surface area (Å²) in [6.45, 7) is 11.4. The van der Waals surface area contributed by atoms with Crippen LogP contribution in [0.1, 0.15) is 49.6 Å². The molecule has 0 aliphatic heterocycles. The number of nitrogens with zero attached hydrogens (tertiary/aromatic N) is 1. The molecule has 3 aromatic carbocycles. The van der Waals surface area contributed by atoms with Gasteiger partial charge >= 0.3 is 0 Å². The number of pyridine rings is 1. The van der Waals surface area contributed by atoms with Crippen LogP contribution in [-0.2, 0) is 6.42 Å². The van der Waals surface area contributed by atoms with Crippen molar-refractivity contribution in [2.75, 3.05) is 0 Å². The van der Waals surface area contributed by atoms with Gasteiger partial charge in [-0.15, -0.1) is 11.3 Å². The quantitative estimate of drug-likeness (QED) is 0.260. The highest BCUT2D eigenvalue weighted by Crippen LogP contribution is 2.44. The number of thiophene rings is 1. The molecule has 0 atom stereocenters. The van der Waals surface area contributed by atoms with E-state index in [1.807, 2.05) is 23.6 Å². The van der Waals surface area contributed by atoms with Gasteiger partial charge in [0.2, 0.25) is 0 Å². The second kappa shape index (κ2) is 7.95. The molecule has 0 aliphatic rings. The van der Waals surface area contributed by atoms with Crippen LogP contribution in [0.25, 0.3) is 54.1 Å². The zero-order chi connectivity index (χ0) is 23.6. The molecule has 6 rings (SSSR count). The lowest BCUT2D eigenvalue weighted by Crippen LogP contribution is -1.95. The van der Waals surface area contributed by atoms with Gasteiger partial charge in [0.05, 0.1) is 11.1 Å². The summed E-state index contributed by atoms with van der Waals surface area (Å²) in [5.74, 6) is 1.02. The van der Waals surface area contributed by atoms with Crippen molar-refractivity contribution in [2.45, 2.75) is 47.0 Å². The summed E-state index contributed by atoms with van der Waals surface area (Å²) in [5.41, 5.74) is 6.84. The first-order chi connectivity index (χ1) is 16.4. The zero-order valence-electron chi connectivity index (χ0n) is 20.4. The third-order valence-corrected chi connectivity index (χ3v) is 8.02. The average molecular weight is 464 g/mol. The number of benzene rings is 3. The van der Waals surface area contributed by atoms with Gasteiger partial charge in [-0.3, -0.25) is 4.98 Å². The van der Waals surface area contributed by atoms with Crippen molar-refractivity contribution in [3.8, 4) is 11.3 Å². The van der Waals surface area contributed by atoms with E-state index in [4.69, 9.17) is 9.40 Å². The van der Waals surface area contributed by atoms with Crippen molar-refractivity contribution in [1.29, 1.82) is 0 Å². The Kier molecular flexibility index (Phi) is 5.00. The fourth-order valence-corrected chi connectivity index (χ4v) is 6.50. The first kappa shape index (κ1) is 21.4. The van der Waals surface area contributed by atoms with Crippen LogP contribution in [-0.4, -0.2) is 4.98 Å². The lowest BCUT2D eigenvalue weighted by molar-refractivity contribution is 0.649. The van der Waals surface area contributed by atoms with E-state index in [-0.39, 0.29) is 0 Å². The summed E-state index contributed by atoms with van der Waals surface area (Å²) in [5, 5.41) is 6.28. The van der Waals surface area contributed by atoms with E-state index in [9.17, 15) is 0 Å². The second-order valence-electron chi connectivity index (χ2n) is 10.1. The monoisotopic (exact) mass is 463 g/mol. The number of rotatable bonds is 4. The Labute approximate surface area is 204 Å². The fraction of sp³-hybridized carbons (Fsp3) is 0.258. The Hall–Kier alpha value is -3.17. The molecule has 0 radical (unpaired) electrons. The number of fused-ring (bicyclic) bond motifs is 6. The fourth-order valence-electron chi connectivity index (χ4n) is 5.40. The lowest BCUT2D eigenvalue weighted by Gasteiger charge is -2.13. The van der Waals surface area contributed by atoms with Crippen LogP contribution in [0.3, 0.4) is 0 Å². The third-order valence-electron chi connectivity index (χ3n) is 6.90. The predicted molar refractivity (Wildman–Crippen MR) is 147 cm³/mol. The topological polar surface area (TPSA) is 26.0 Å². The highest BCUT2D eigenvalue weighted by Gasteiger charge is 2.21. The van der Waals surface area contributed by atoms with Gasteiger partial charge in [-0.05, 0) is 77.4 Å². The van der Waals surface area contributed by atoms with Crippen molar-refractivity contribution in [2.24, 2.45) is 5.92 Å². The number of aromatic nitrogens is 1. The summed E-state index contributed by atoms with van der Waals surface area (Å²) in [6, 6.07) is 19.7. The Bertz CT molecular complexity index is 1700. The maximum atomic E-state index is 6.42. The van der Waals surface area contributed by atoms with Gasteiger partial charge in [0, 0.05) is 32.1 Å². The summed E-state index contributed by atoms with van der Waals surface area (Å²) < 4.78 is 7.75. The van der Waals surface area contributed by atoms with Gasteiger partial charge in [-0.1, -0.05) is 52.0 Å². The third kappa shape index (κ3) is 3.25. The molecule has 0 N–H and O–H groups in total. The highest BCUT2D eigenvalue weighted by molar-refractivity contribution is 7.19. The summed E-state index contributed by atoms with van der Waals surface area (Å²) >= 11 is 1.90. The molecule has 0 saturated carbocycles. The zero-order valence-corrected chi connectivity index (χ0v) is 21.2. The van der Waals surface area contributed by atoms with E-state index in [1.54, 1.807) is 0 Å².